The Kier molecular flexibility index (Phi) is 3.95. The summed E-state index contributed by atoms with van der Waals surface area (Å²) in [5.41, 5.74) is 0.656. The molecule has 0 radical (unpaired) electrons. The SMILES string of the molecule is CCn1c(-c2cc(Cl)cc(Br)c2)nnc1S(N)(=O)=O. The van der Waals surface area contributed by atoms with Crippen molar-refractivity contribution >= 4 is 37.6 Å². The van der Waals surface area contributed by atoms with Gasteiger partial charge in [-0.15, -0.1) is 10.2 Å². The molecule has 1 heterocycles. The van der Waals surface area contributed by atoms with Crippen LogP contribution in [0.2, 0.25) is 5.02 Å². The standard InChI is InChI=1S/C10H10BrClN4O2S/c1-2-16-9(14-15-10(16)19(13,17)18)6-3-7(11)5-8(12)4-6/h3-5H,2H2,1H3,(H2,13,17,18). The zero-order valence-corrected chi connectivity index (χ0v) is 13.0. The third-order valence-electron chi connectivity index (χ3n) is 2.41. The van der Waals surface area contributed by atoms with Crippen LogP contribution in [0, 0.1) is 0 Å². The zero-order chi connectivity index (χ0) is 14.2. The second-order valence-corrected chi connectivity index (χ2v) is 6.56. The average Bonchev–Trinajstić information content (AvgIpc) is 2.70. The summed E-state index contributed by atoms with van der Waals surface area (Å²) < 4.78 is 25.0. The van der Waals surface area contributed by atoms with E-state index < -0.39 is 10.0 Å². The van der Waals surface area contributed by atoms with Crippen LogP contribution < -0.4 is 5.14 Å². The van der Waals surface area contributed by atoms with Gasteiger partial charge in [0.25, 0.3) is 15.2 Å². The first-order valence-corrected chi connectivity index (χ1v) is 7.97. The van der Waals surface area contributed by atoms with Gasteiger partial charge in [-0.2, -0.15) is 0 Å². The Hall–Kier alpha value is -0.960. The minimum Gasteiger partial charge on any atom is -0.297 e. The minimum atomic E-state index is -3.91. The number of halogens is 2. The van der Waals surface area contributed by atoms with E-state index in [1.54, 1.807) is 25.1 Å². The lowest BCUT2D eigenvalue weighted by atomic mass is 10.2. The van der Waals surface area contributed by atoms with Crippen molar-refractivity contribution in [3.05, 3.63) is 27.7 Å². The van der Waals surface area contributed by atoms with E-state index >= 15 is 0 Å². The molecule has 1 aromatic heterocycles. The predicted molar refractivity (Wildman–Crippen MR) is 75.2 cm³/mol. The lowest BCUT2D eigenvalue weighted by molar-refractivity contribution is 0.571. The summed E-state index contributed by atoms with van der Waals surface area (Å²) >= 11 is 9.28. The van der Waals surface area contributed by atoms with Crippen LogP contribution in [0.25, 0.3) is 11.4 Å². The number of nitrogens with two attached hydrogens (primary N) is 1. The van der Waals surface area contributed by atoms with E-state index in [1.165, 1.54) is 4.57 Å². The molecule has 0 fully saturated rings. The highest BCUT2D eigenvalue weighted by molar-refractivity contribution is 9.10. The normalized spacial score (nSPS) is 11.8. The average molecular weight is 366 g/mol. The maximum Gasteiger partial charge on any atom is 0.273 e. The van der Waals surface area contributed by atoms with Gasteiger partial charge in [0, 0.05) is 21.6 Å². The van der Waals surface area contributed by atoms with Gasteiger partial charge < -0.3 is 0 Å². The van der Waals surface area contributed by atoms with Crippen molar-refractivity contribution in [2.24, 2.45) is 5.14 Å². The zero-order valence-electron chi connectivity index (χ0n) is 9.84. The van der Waals surface area contributed by atoms with Crippen molar-refractivity contribution in [3.63, 3.8) is 0 Å². The Morgan fingerprint density at radius 3 is 2.58 bits per heavy atom. The Bertz CT molecular complexity index is 709. The van der Waals surface area contributed by atoms with Gasteiger partial charge in [-0.25, -0.2) is 13.6 Å². The van der Waals surface area contributed by atoms with Crippen LogP contribution in [0.1, 0.15) is 6.92 Å². The number of hydrogen-bond acceptors (Lipinski definition) is 4. The topological polar surface area (TPSA) is 90.9 Å². The van der Waals surface area contributed by atoms with E-state index in [4.69, 9.17) is 16.7 Å². The molecule has 0 unspecified atom stereocenters. The first-order valence-electron chi connectivity index (χ1n) is 5.25. The lowest BCUT2D eigenvalue weighted by Crippen LogP contribution is -2.18. The van der Waals surface area contributed by atoms with Gasteiger partial charge in [-0.1, -0.05) is 27.5 Å². The molecule has 2 N–H and O–H groups in total. The molecule has 0 saturated heterocycles. The maximum absolute atomic E-state index is 11.4. The fourth-order valence-electron chi connectivity index (χ4n) is 1.68. The van der Waals surface area contributed by atoms with E-state index in [0.29, 0.717) is 23.0 Å². The largest absolute Gasteiger partial charge is 0.297 e. The number of benzene rings is 1. The number of rotatable bonds is 3. The van der Waals surface area contributed by atoms with Gasteiger partial charge in [0.05, 0.1) is 0 Å². The summed E-state index contributed by atoms with van der Waals surface area (Å²) in [6, 6.07) is 5.17. The van der Waals surface area contributed by atoms with Gasteiger partial charge in [-0.3, -0.25) is 4.57 Å². The second kappa shape index (κ2) is 5.20. The molecule has 2 aromatic rings. The van der Waals surface area contributed by atoms with Crippen molar-refractivity contribution in [2.45, 2.75) is 18.6 Å². The van der Waals surface area contributed by atoms with Gasteiger partial charge in [0.2, 0.25) is 0 Å². The third-order valence-corrected chi connectivity index (χ3v) is 3.90. The van der Waals surface area contributed by atoms with Crippen LogP contribution in [-0.4, -0.2) is 23.2 Å². The quantitative estimate of drug-likeness (QED) is 0.901. The van der Waals surface area contributed by atoms with Gasteiger partial charge in [-0.05, 0) is 25.1 Å². The number of aromatic nitrogens is 3. The van der Waals surface area contributed by atoms with E-state index in [2.05, 4.69) is 26.1 Å². The molecule has 0 saturated carbocycles. The summed E-state index contributed by atoms with van der Waals surface area (Å²) in [7, 11) is -3.91. The van der Waals surface area contributed by atoms with Gasteiger partial charge in [0.15, 0.2) is 5.82 Å². The molecule has 0 atom stereocenters. The molecule has 1 aromatic carbocycles. The fourth-order valence-corrected chi connectivity index (χ4v) is 3.22. The van der Waals surface area contributed by atoms with Crippen LogP contribution in [0.3, 0.4) is 0 Å². The molecular formula is C10H10BrClN4O2S. The predicted octanol–water partition coefficient (Wildman–Crippen LogP) is 2.03. The highest BCUT2D eigenvalue weighted by Crippen LogP contribution is 2.27. The molecule has 0 aliphatic carbocycles. The van der Waals surface area contributed by atoms with Crippen LogP contribution in [-0.2, 0) is 16.6 Å². The number of primary sulfonamides is 1. The molecule has 19 heavy (non-hydrogen) atoms. The van der Waals surface area contributed by atoms with Gasteiger partial charge in [0.1, 0.15) is 0 Å². The van der Waals surface area contributed by atoms with Crippen LogP contribution in [0.5, 0.6) is 0 Å². The molecule has 0 bridgehead atoms. The van der Waals surface area contributed by atoms with E-state index in [-0.39, 0.29) is 5.16 Å². The van der Waals surface area contributed by atoms with Crippen molar-refractivity contribution in [2.75, 3.05) is 0 Å². The first-order chi connectivity index (χ1) is 8.82. The van der Waals surface area contributed by atoms with Crippen LogP contribution in [0.15, 0.2) is 27.8 Å². The van der Waals surface area contributed by atoms with Crippen LogP contribution >= 0.6 is 27.5 Å². The fraction of sp³-hybridized carbons (Fsp3) is 0.200. The van der Waals surface area contributed by atoms with E-state index in [0.717, 1.165) is 4.47 Å². The number of sulfonamides is 1. The lowest BCUT2D eigenvalue weighted by Gasteiger charge is -2.07. The molecule has 0 spiro atoms. The molecule has 6 nitrogen and oxygen atoms in total. The Morgan fingerprint density at radius 1 is 1.37 bits per heavy atom. The third kappa shape index (κ3) is 2.97. The summed E-state index contributed by atoms with van der Waals surface area (Å²) in [5, 5.41) is 12.9. The Labute approximate surface area is 123 Å². The monoisotopic (exact) mass is 364 g/mol. The van der Waals surface area contributed by atoms with Gasteiger partial charge >= 0.3 is 0 Å². The summed E-state index contributed by atoms with van der Waals surface area (Å²) in [4.78, 5) is 0. The Balaban J connectivity index is 2.67. The molecule has 9 heteroatoms. The van der Waals surface area contributed by atoms with E-state index in [9.17, 15) is 8.42 Å². The highest BCUT2D eigenvalue weighted by Gasteiger charge is 2.21. The smallest absolute Gasteiger partial charge is 0.273 e. The van der Waals surface area contributed by atoms with Crippen molar-refractivity contribution < 1.29 is 8.42 Å². The second-order valence-electron chi connectivity index (χ2n) is 3.75. The molecule has 0 amide bonds. The maximum atomic E-state index is 11.4. The highest BCUT2D eigenvalue weighted by atomic mass is 79.9. The van der Waals surface area contributed by atoms with Crippen LogP contribution in [0.4, 0.5) is 0 Å². The molecular weight excluding hydrogens is 356 g/mol. The minimum absolute atomic E-state index is 0.263. The summed E-state index contributed by atoms with van der Waals surface area (Å²) in [6.45, 7) is 2.15. The molecule has 102 valence electrons. The number of hydrogen-bond donors (Lipinski definition) is 1. The van der Waals surface area contributed by atoms with Crippen molar-refractivity contribution in [3.8, 4) is 11.4 Å². The molecule has 0 aliphatic rings. The Morgan fingerprint density at radius 2 is 2.05 bits per heavy atom. The van der Waals surface area contributed by atoms with Crippen molar-refractivity contribution in [1.82, 2.24) is 14.8 Å². The summed E-state index contributed by atoms with van der Waals surface area (Å²) in [5.74, 6) is 0.398. The van der Waals surface area contributed by atoms with Crippen molar-refractivity contribution in [1.29, 1.82) is 0 Å². The van der Waals surface area contributed by atoms with E-state index in [1.807, 2.05) is 0 Å². The first kappa shape index (κ1) is 14.4. The molecule has 2 rings (SSSR count). The summed E-state index contributed by atoms with van der Waals surface area (Å²) in [6.07, 6.45) is 0. The molecule has 0 aliphatic heterocycles. The number of nitrogens with zero attached hydrogens (tertiary/aromatic N) is 3.